The molecule has 144 valence electrons. The summed E-state index contributed by atoms with van der Waals surface area (Å²) in [5.74, 6) is -0.334. The van der Waals surface area contributed by atoms with Crippen LogP contribution < -0.4 is 11.1 Å². The standard InChI is InChI=1S/C17H20ClN5O2S2/c1-10-12(18)5-2-6-13(10)20-16-21-22-17(27-16)26-9-14(24)23-7-3-4-11(8-23)15(19)25/h2,5-6,11H,3-4,7-9H2,1H3,(H2,19,25)(H,20,21). The minimum Gasteiger partial charge on any atom is -0.369 e. The molecule has 2 amide bonds. The summed E-state index contributed by atoms with van der Waals surface area (Å²) >= 11 is 8.85. The Morgan fingerprint density at radius 2 is 2.26 bits per heavy atom. The molecular weight excluding hydrogens is 406 g/mol. The van der Waals surface area contributed by atoms with E-state index in [9.17, 15) is 9.59 Å². The van der Waals surface area contributed by atoms with Crippen molar-refractivity contribution in [2.24, 2.45) is 11.7 Å². The molecule has 0 bridgehead atoms. The number of primary amides is 1. The zero-order valence-electron chi connectivity index (χ0n) is 14.8. The van der Waals surface area contributed by atoms with Gasteiger partial charge in [-0.2, -0.15) is 0 Å². The Balaban J connectivity index is 1.54. The molecule has 0 radical (unpaired) electrons. The van der Waals surface area contributed by atoms with Gasteiger partial charge in [-0.25, -0.2) is 0 Å². The van der Waals surface area contributed by atoms with Crippen molar-refractivity contribution in [2.75, 3.05) is 24.2 Å². The summed E-state index contributed by atoms with van der Waals surface area (Å²) in [6.07, 6.45) is 1.55. The van der Waals surface area contributed by atoms with Crippen LogP contribution >= 0.6 is 34.7 Å². The molecule has 0 saturated carbocycles. The van der Waals surface area contributed by atoms with Gasteiger partial charge in [0.05, 0.1) is 11.7 Å². The molecule has 2 aromatic rings. The number of rotatable bonds is 6. The van der Waals surface area contributed by atoms with Crippen molar-refractivity contribution < 1.29 is 9.59 Å². The van der Waals surface area contributed by atoms with E-state index >= 15 is 0 Å². The van der Waals surface area contributed by atoms with Crippen molar-refractivity contribution in [3.05, 3.63) is 28.8 Å². The number of hydrogen-bond donors (Lipinski definition) is 2. The van der Waals surface area contributed by atoms with E-state index in [1.54, 1.807) is 4.90 Å². The molecular formula is C17H20ClN5O2S2. The van der Waals surface area contributed by atoms with Gasteiger partial charge in [-0.05, 0) is 37.5 Å². The zero-order valence-corrected chi connectivity index (χ0v) is 17.2. The maximum Gasteiger partial charge on any atom is 0.233 e. The normalized spacial score (nSPS) is 17.0. The molecule has 0 spiro atoms. The summed E-state index contributed by atoms with van der Waals surface area (Å²) in [6, 6.07) is 5.62. The molecule has 27 heavy (non-hydrogen) atoms. The first kappa shape index (κ1) is 19.9. The van der Waals surface area contributed by atoms with Gasteiger partial charge in [0.15, 0.2) is 4.34 Å². The third-order valence-electron chi connectivity index (χ3n) is 4.41. The Bertz CT molecular complexity index is 844. The van der Waals surface area contributed by atoms with E-state index in [0.717, 1.165) is 24.1 Å². The van der Waals surface area contributed by atoms with Crippen molar-refractivity contribution >= 4 is 57.3 Å². The van der Waals surface area contributed by atoms with Crippen LogP contribution in [0, 0.1) is 12.8 Å². The number of thioether (sulfide) groups is 1. The average Bonchev–Trinajstić information content (AvgIpc) is 3.11. The molecule has 10 heteroatoms. The third kappa shape index (κ3) is 5.12. The molecule has 3 rings (SSSR count). The Morgan fingerprint density at radius 1 is 1.44 bits per heavy atom. The van der Waals surface area contributed by atoms with Crippen LogP contribution in [0.5, 0.6) is 0 Å². The summed E-state index contributed by atoms with van der Waals surface area (Å²) in [6.45, 7) is 3.00. The van der Waals surface area contributed by atoms with Gasteiger partial charge in [0.2, 0.25) is 16.9 Å². The van der Waals surface area contributed by atoms with Crippen molar-refractivity contribution in [3.63, 3.8) is 0 Å². The Hall–Kier alpha value is -1.84. The van der Waals surface area contributed by atoms with E-state index in [1.807, 2.05) is 25.1 Å². The second kappa shape index (κ2) is 8.90. The van der Waals surface area contributed by atoms with E-state index in [4.69, 9.17) is 17.3 Å². The zero-order chi connectivity index (χ0) is 19.4. The van der Waals surface area contributed by atoms with Gasteiger partial charge >= 0.3 is 0 Å². The van der Waals surface area contributed by atoms with Gasteiger partial charge in [0, 0.05) is 23.8 Å². The minimum atomic E-state index is -0.337. The number of nitrogens with one attached hydrogen (secondary N) is 1. The number of nitrogens with zero attached hydrogens (tertiary/aromatic N) is 3. The smallest absolute Gasteiger partial charge is 0.233 e. The van der Waals surface area contributed by atoms with Crippen LogP contribution in [0.15, 0.2) is 22.5 Å². The molecule has 1 unspecified atom stereocenters. The highest BCUT2D eigenvalue weighted by molar-refractivity contribution is 8.01. The van der Waals surface area contributed by atoms with Crippen molar-refractivity contribution in [2.45, 2.75) is 24.1 Å². The second-order valence-electron chi connectivity index (χ2n) is 6.28. The molecule has 0 aliphatic carbocycles. The summed E-state index contributed by atoms with van der Waals surface area (Å²) < 4.78 is 0.703. The Kier molecular flexibility index (Phi) is 6.56. The molecule has 1 aliphatic heterocycles. The van der Waals surface area contributed by atoms with Crippen molar-refractivity contribution in [3.8, 4) is 0 Å². The van der Waals surface area contributed by atoms with E-state index in [1.165, 1.54) is 23.1 Å². The maximum absolute atomic E-state index is 12.4. The fourth-order valence-electron chi connectivity index (χ4n) is 2.83. The minimum absolute atomic E-state index is 0.0126. The number of benzene rings is 1. The fourth-order valence-corrected chi connectivity index (χ4v) is 4.67. The topological polar surface area (TPSA) is 101 Å². The number of piperidine rings is 1. The number of nitrogens with two attached hydrogens (primary N) is 1. The summed E-state index contributed by atoms with van der Waals surface area (Å²) in [7, 11) is 0. The number of halogens is 1. The number of carbonyl (C=O) groups excluding carboxylic acids is 2. The van der Waals surface area contributed by atoms with E-state index in [0.29, 0.717) is 27.6 Å². The first-order valence-electron chi connectivity index (χ1n) is 8.49. The highest BCUT2D eigenvalue weighted by Gasteiger charge is 2.27. The predicted molar refractivity (Wildman–Crippen MR) is 109 cm³/mol. The molecule has 1 fully saturated rings. The van der Waals surface area contributed by atoms with Crippen molar-refractivity contribution in [1.29, 1.82) is 0 Å². The number of aromatic nitrogens is 2. The molecule has 3 N–H and O–H groups in total. The van der Waals surface area contributed by atoms with Crippen molar-refractivity contribution in [1.82, 2.24) is 15.1 Å². The van der Waals surface area contributed by atoms with Crippen LogP contribution in [0.4, 0.5) is 10.8 Å². The van der Waals surface area contributed by atoms with E-state index < -0.39 is 0 Å². The van der Waals surface area contributed by atoms with Gasteiger partial charge < -0.3 is 16.0 Å². The molecule has 1 aliphatic rings. The van der Waals surface area contributed by atoms with E-state index in [-0.39, 0.29) is 23.5 Å². The quantitative estimate of drug-likeness (QED) is 0.689. The molecule has 7 nitrogen and oxygen atoms in total. The number of likely N-dealkylation sites (tertiary alicyclic amines) is 1. The molecule has 2 heterocycles. The monoisotopic (exact) mass is 425 g/mol. The molecule has 1 saturated heterocycles. The highest BCUT2D eigenvalue weighted by Crippen LogP contribution is 2.31. The number of hydrogen-bond acceptors (Lipinski definition) is 7. The number of amides is 2. The highest BCUT2D eigenvalue weighted by atomic mass is 35.5. The first-order valence-corrected chi connectivity index (χ1v) is 10.7. The van der Waals surface area contributed by atoms with Gasteiger partial charge in [0.25, 0.3) is 0 Å². The lowest BCUT2D eigenvalue weighted by molar-refractivity contribution is -0.132. The van der Waals surface area contributed by atoms with Crippen LogP contribution in [0.1, 0.15) is 18.4 Å². The summed E-state index contributed by atoms with van der Waals surface area (Å²) in [5, 5.41) is 12.8. The van der Waals surface area contributed by atoms with Crippen LogP contribution in [0.3, 0.4) is 0 Å². The largest absolute Gasteiger partial charge is 0.369 e. The SMILES string of the molecule is Cc1c(Cl)cccc1Nc1nnc(SCC(=O)N2CCCC(C(N)=O)C2)s1. The average molecular weight is 426 g/mol. The van der Waals surface area contributed by atoms with Gasteiger partial charge in [0.1, 0.15) is 0 Å². The van der Waals surface area contributed by atoms with Crippen LogP contribution in [-0.2, 0) is 9.59 Å². The van der Waals surface area contributed by atoms with E-state index in [2.05, 4.69) is 15.5 Å². The number of anilines is 2. The lowest BCUT2D eigenvalue weighted by Gasteiger charge is -2.31. The third-order valence-corrected chi connectivity index (χ3v) is 6.78. The Morgan fingerprint density at radius 3 is 3.04 bits per heavy atom. The van der Waals surface area contributed by atoms with Crippen LogP contribution in [0.25, 0.3) is 0 Å². The van der Waals surface area contributed by atoms with Crippen LogP contribution in [-0.4, -0.2) is 45.8 Å². The molecule has 1 aromatic heterocycles. The predicted octanol–water partition coefficient (Wildman–Crippen LogP) is 3.06. The van der Waals surface area contributed by atoms with Gasteiger partial charge in [-0.15, -0.1) is 10.2 Å². The summed E-state index contributed by atoms with van der Waals surface area (Å²) in [4.78, 5) is 25.5. The lowest BCUT2D eigenvalue weighted by Crippen LogP contribution is -2.44. The lowest BCUT2D eigenvalue weighted by atomic mass is 9.97. The maximum atomic E-state index is 12.4. The molecule has 1 atom stereocenters. The summed E-state index contributed by atoms with van der Waals surface area (Å²) in [5.41, 5.74) is 7.18. The molecule has 1 aromatic carbocycles. The fraction of sp³-hybridized carbons (Fsp3) is 0.412. The number of carbonyl (C=O) groups is 2. The second-order valence-corrected chi connectivity index (χ2v) is 8.89. The van der Waals surface area contributed by atoms with Gasteiger partial charge in [-0.3, -0.25) is 9.59 Å². The Labute approximate surface area is 170 Å². The van der Waals surface area contributed by atoms with Gasteiger partial charge in [-0.1, -0.05) is 40.8 Å². The van der Waals surface area contributed by atoms with Crippen LogP contribution in [0.2, 0.25) is 5.02 Å². The first-order chi connectivity index (χ1) is 12.9.